The molecule has 0 aromatic carbocycles. The van der Waals surface area contributed by atoms with Crippen molar-refractivity contribution in [1.82, 2.24) is 0 Å². The van der Waals surface area contributed by atoms with Gasteiger partial charge >= 0.3 is 5.97 Å². The van der Waals surface area contributed by atoms with Gasteiger partial charge in [0.25, 0.3) is 5.54 Å². The summed E-state index contributed by atoms with van der Waals surface area (Å²) in [5.41, 5.74) is -1.53. The second kappa shape index (κ2) is 4.37. The molecule has 0 bridgehead atoms. The van der Waals surface area contributed by atoms with Crippen molar-refractivity contribution in [3.8, 4) is 0 Å². The van der Waals surface area contributed by atoms with E-state index in [1.54, 1.807) is 0 Å². The van der Waals surface area contributed by atoms with Gasteiger partial charge in [-0.25, -0.2) is 0 Å². The number of methoxy groups -OCH3 is 1. The van der Waals surface area contributed by atoms with Crippen LogP contribution in [-0.4, -0.2) is 29.3 Å². The summed E-state index contributed by atoms with van der Waals surface area (Å²) in [5, 5.41) is 10.9. The molecule has 0 amide bonds. The Morgan fingerprint density at radius 3 is 2.73 bits per heavy atom. The fraction of sp³-hybridized carbons (Fsp3) is 0.778. The van der Waals surface area contributed by atoms with Gasteiger partial charge in [0.15, 0.2) is 0 Å². The van der Waals surface area contributed by atoms with Crippen LogP contribution in [0.15, 0.2) is 0 Å². The Bertz CT molecular complexity index is 301. The van der Waals surface area contributed by atoms with E-state index in [4.69, 9.17) is 0 Å². The van der Waals surface area contributed by atoms with E-state index in [0.717, 1.165) is 0 Å². The summed E-state index contributed by atoms with van der Waals surface area (Å²) in [6, 6.07) is 0. The first kappa shape index (κ1) is 11.6. The number of esters is 1. The third-order valence-corrected chi connectivity index (χ3v) is 2.83. The van der Waals surface area contributed by atoms with Crippen LogP contribution in [0.2, 0.25) is 0 Å². The van der Waals surface area contributed by atoms with Gasteiger partial charge in [-0.2, -0.15) is 0 Å². The van der Waals surface area contributed by atoms with E-state index in [-0.39, 0.29) is 31.5 Å². The molecule has 1 saturated carbocycles. The lowest BCUT2D eigenvalue weighted by Gasteiger charge is -2.17. The number of ether oxygens (including phenoxy) is 1. The molecular formula is C9H13NO5. The molecule has 1 aliphatic carbocycles. The Morgan fingerprint density at radius 1 is 1.67 bits per heavy atom. The molecule has 0 aliphatic heterocycles. The third kappa shape index (κ3) is 2.14. The standard InChI is InChI=1S/C9H13NO5/c1-15-8(12)4-6-9(10(13)14)5-2-3-7(9)11/h2-6H2,1H3. The summed E-state index contributed by atoms with van der Waals surface area (Å²) >= 11 is 0. The Balaban J connectivity index is 2.71. The maximum absolute atomic E-state index is 11.4. The first-order valence-corrected chi connectivity index (χ1v) is 4.77. The smallest absolute Gasteiger partial charge is 0.305 e. The average molecular weight is 215 g/mol. The van der Waals surface area contributed by atoms with E-state index in [1.807, 2.05) is 0 Å². The summed E-state index contributed by atoms with van der Waals surface area (Å²) in [4.78, 5) is 32.6. The number of hydrogen-bond donors (Lipinski definition) is 0. The minimum atomic E-state index is -1.53. The maximum Gasteiger partial charge on any atom is 0.305 e. The number of nitro groups is 1. The van der Waals surface area contributed by atoms with Crippen LogP contribution >= 0.6 is 0 Å². The Hall–Kier alpha value is -1.46. The molecule has 1 fully saturated rings. The molecule has 0 aromatic rings. The van der Waals surface area contributed by atoms with E-state index in [1.165, 1.54) is 7.11 Å². The third-order valence-electron chi connectivity index (χ3n) is 2.83. The molecule has 84 valence electrons. The maximum atomic E-state index is 11.4. The van der Waals surface area contributed by atoms with Gasteiger partial charge in [-0.3, -0.25) is 19.7 Å². The number of ketones is 1. The number of carbonyl (C=O) groups is 2. The van der Waals surface area contributed by atoms with Gasteiger partial charge in [0.1, 0.15) is 0 Å². The van der Waals surface area contributed by atoms with E-state index >= 15 is 0 Å². The quantitative estimate of drug-likeness (QED) is 0.391. The molecular weight excluding hydrogens is 202 g/mol. The second-order valence-electron chi connectivity index (χ2n) is 3.64. The van der Waals surface area contributed by atoms with E-state index in [0.29, 0.717) is 6.42 Å². The van der Waals surface area contributed by atoms with Crippen LogP contribution in [0.4, 0.5) is 0 Å². The molecule has 1 atom stereocenters. The predicted molar refractivity (Wildman–Crippen MR) is 49.8 cm³/mol. The highest BCUT2D eigenvalue weighted by Crippen LogP contribution is 2.33. The van der Waals surface area contributed by atoms with E-state index < -0.39 is 16.4 Å². The zero-order valence-corrected chi connectivity index (χ0v) is 8.52. The highest BCUT2D eigenvalue weighted by Gasteiger charge is 2.53. The molecule has 1 unspecified atom stereocenters. The molecule has 15 heavy (non-hydrogen) atoms. The average Bonchev–Trinajstić information content (AvgIpc) is 2.57. The van der Waals surface area contributed by atoms with Crippen molar-refractivity contribution >= 4 is 11.8 Å². The van der Waals surface area contributed by atoms with Crippen LogP contribution in [-0.2, 0) is 14.3 Å². The number of rotatable bonds is 4. The fourth-order valence-corrected chi connectivity index (χ4v) is 1.87. The topological polar surface area (TPSA) is 86.5 Å². The predicted octanol–water partition coefficient (Wildman–Crippen LogP) is 0.708. The molecule has 0 saturated heterocycles. The lowest BCUT2D eigenvalue weighted by atomic mass is 9.91. The summed E-state index contributed by atoms with van der Waals surface area (Å²) in [7, 11) is 1.22. The van der Waals surface area contributed by atoms with Crippen molar-refractivity contribution in [2.24, 2.45) is 0 Å². The van der Waals surface area contributed by atoms with Crippen LogP contribution in [0.3, 0.4) is 0 Å². The molecule has 0 N–H and O–H groups in total. The van der Waals surface area contributed by atoms with Gasteiger partial charge < -0.3 is 4.74 Å². The Labute approximate surface area is 86.7 Å². The molecule has 0 spiro atoms. The van der Waals surface area contributed by atoms with Gasteiger partial charge in [-0.05, 0) is 6.42 Å². The minimum Gasteiger partial charge on any atom is -0.469 e. The first-order chi connectivity index (χ1) is 7.03. The summed E-state index contributed by atoms with van der Waals surface area (Å²) in [6.45, 7) is 0. The lowest BCUT2D eigenvalue weighted by molar-refractivity contribution is -0.551. The van der Waals surface area contributed by atoms with Crippen molar-refractivity contribution in [3.05, 3.63) is 10.1 Å². The van der Waals surface area contributed by atoms with Crippen LogP contribution < -0.4 is 0 Å². The molecule has 1 aliphatic rings. The van der Waals surface area contributed by atoms with Crippen molar-refractivity contribution in [2.75, 3.05) is 7.11 Å². The zero-order chi connectivity index (χ0) is 11.5. The molecule has 6 nitrogen and oxygen atoms in total. The normalized spacial score (nSPS) is 25.3. The van der Waals surface area contributed by atoms with Crippen molar-refractivity contribution in [2.45, 2.75) is 37.6 Å². The molecule has 0 aromatic heterocycles. The Morgan fingerprint density at radius 2 is 2.33 bits per heavy atom. The summed E-state index contributed by atoms with van der Waals surface area (Å²) in [5.74, 6) is -0.882. The SMILES string of the molecule is COC(=O)CCC1([N+](=O)[O-])CCCC1=O. The molecule has 0 heterocycles. The minimum absolute atomic E-state index is 0.0501. The number of Topliss-reactive ketones (excluding diaryl/α,β-unsaturated/α-hetero) is 1. The van der Waals surface area contributed by atoms with Gasteiger partial charge in [-0.1, -0.05) is 0 Å². The molecule has 6 heteroatoms. The zero-order valence-electron chi connectivity index (χ0n) is 8.52. The van der Waals surface area contributed by atoms with Crippen molar-refractivity contribution in [1.29, 1.82) is 0 Å². The second-order valence-corrected chi connectivity index (χ2v) is 3.64. The number of nitrogens with zero attached hydrogens (tertiary/aromatic N) is 1. The van der Waals surface area contributed by atoms with Gasteiger partial charge in [-0.15, -0.1) is 0 Å². The van der Waals surface area contributed by atoms with Gasteiger partial charge in [0.2, 0.25) is 5.78 Å². The van der Waals surface area contributed by atoms with E-state index in [2.05, 4.69) is 4.74 Å². The fourth-order valence-electron chi connectivity index (χ4n) is 1.87. The van der Waals surface area contributed by atoms with Gasteiger partial charge in [0.05, 0.1) is 13.5 Å². The highest BCUT2D eigenvalue weighted by atomic mass is 16.6. The van der Waals surface area contributed by atoms with Crippen LogP contribution in [0.5, 0.6) is 0 Å². The summed E-state index contributed by atoms with van der Waals surface area (Å²) < 4.78 is 4.40. The number of carbonyl (C=O) groups excluding carboxylic acids is 2. The largest absolute Gasteiger partial charge is 0.469 e. The van der Waals surface area contributed by atoms with Crippen LogP contribution in [0, 0.1) is 10.1 Å². The Kier molecular flexibility index (Phi) is 3.39. The monoisotopic (exact) mass is 215 g/mol. The van der Waals surface area contributed by atoms with Crippen LogP contribution in [0.1, 0.15) is 32.1 Å². The highest BCUT2D eigenvalue weighted by molar-refractivity contribution is 5.89. The van der Waals surface area contributed by atoms with E-state index in [9.17, 15) is 19.7 Å². The molecule has 1 rings (SSSR count). The number of hydrogen-bond acceptors (Lipinski definition) is 5. The van der Waals surface area contributed by atoms with Crippen molar-refractivity contribution < 1.29 is 19.2 Å². The van der Waals surface area contributed by atoms with Gasteiger partial charge in [0, 0.05) is 24.2 Å². The van der Waals surface area contributed by atoms with Crippen LogP contribution in [0.25, 0.3) is 0 Å². The van der Waals surface area contributed by atoms with Crippen molar-refractivity contribution in [3.63, 3.8) is 0 Å². The first-order valence-electron chi connectivity index (χ1n) is 4.77. The summed E-state index contributed by atoms with van der Waals surface area (Å²) in [6.07, 6.45) is 0.869. The lowest BCUT2D eigenvalue weighted by Crippen LogP contribution is -2.42. The molecule has 0 radical (unpaired) electrons.